The molecule has 3 aromatic rings. The molecular weight excluding hydrogens is 404 g/mol. The van der Waals surface area contributed by atoms with Gasteiger partial charge >= 0.3 is 0 Å². The summed E-state index contributed by atoms with van der Waals surface area (Å²) in [7, 11) is 0. The molecule has 1 heterocycles. The van der Waals surface area contributed by atoms with Gasteiger partial charge in [-0.3, -0.25) is 14.9 Å². The molecule has 0 saturated heterocycles. The Hall–Kier alpha value is -2.98. The maximum Gasteiger partial charge on any atom is 0.271 e. The lowest BCUT2D eigenvalue weighted by molar-refractivity contribution is -0.384. The fourth-order valence-corrected chi connectivity index (χ4v) is 3.24. The number of hydrogen-bond acceptors (Lipinski definition) is 7. The van der Waals surface area contributed by atoms with Crippen LogP contribution >= 0.6 is 23.4 Å². The molecule has 0 radical (unpaired) electrons. The molecule has 28 heavy (non-hydrogen) atoms. The van der Waals surface area contributed by atoms with Gasteiger partial charge in [0.15, 0.2) is 0 Å². The van der Waals surface area contributed by atoms with Gasteiger partial charge in [-0.15, -0.1) is 5.10 Å². The predicted octanol–water partition coefficient (Wildman–Crippen LogP) is 3.57. The van der Waals surface area contributed by atoms with Crippen molar-refractivity contribution >= 4 is 40.6 Å². The molecule has 3 rings (SSSR count). The number of aryl methyl sites for hydroxylation is 2. The van der Waals surface area contributed by atoms with Crippen LogP contribution in [0.25, 0.3) is 5.69 Å². The van der Waals surface area contributed by atoms with E-state index in [9.17, 15) is 14.9 Å². The van der Waals surface area contributed by atoms with E-state index in [0.717, 1.165) is 28.6 Å². The average Bonchev–Trinajstić information content (AvgIpc) is 3.12. The molecule has 1 amide bonds. The van der Waals surface area contributed by atoms with E-state index in [1.165, 1.54) is 18.2 Å². The fourth-order valence-electron chi connectivity index (χ4n) is 2.32. The van der Waals surface area contributed by atoms with E-state index in [-0.39, 0.29) is 22.4 Å². The van der Waals surface area contributed by atoms with Crippen molar-refractivity contribution < 1.29 is 9.72 Å². The van der Waals surface area contributed by atoms with Gasteiger partial charge in [0.25, 0.3) is 5.69 Å². The van der Waals surface area contributed by atoms with Crippen LogP contribution in [0.15, 0.2) is 41.6 Å². The van der Waals surface area contributed by atoms with Crippen molar-refractivity contribution in [1.29, 1.82) is 0 Å². The number of aromatic nitrogens is 4. The summed E-state index contributed by atoms with van der Waals surface area (Å²) in [5, 5.41) is 25.5. The number of nitro groups is 1. The van der Waals surface area contributed by atoms with Crippen LogP contribution in [0.2, 0.25) is 5.02 Å². The Labute approximate surface area is 169 Å². The lowest BCUT2D eigenvalue weighted by Crippen LogP contribution is -2.15. The number of halogens is 1. The molecule has 144 valence electrons. The Kier molecular flexibility index (Phi) is 5.90. The molecule has 9 nitrogen and oxygen atoms in total. The van der Waals surface area contributed by atoms with Crippen molar-refractivity contribution in [3.8, 4) is 5.69 Å². The second-order valence-electron chi connectivity index (χ2n) is 5.90. The highest BCUT2D eigenvalue weighted by Crippen LogP contribution is 2.27. The lowest BCUT2D eigenvalue weighted by atomic mass is 10.1. The molecule has 0 bridgehead atoms. The number of carbonyl (C=O) groups is 1. The number of benzene rings is 2. The highest BCUT2D eigenvalue weighted by atomic mass is 35.5. The van der Waals surface area contributed by atoms with E-state index in [1.807, 2.05) is 32.0 Å². The number of amides is 1. The standard InChI is InChI=1S/C17H15ClN6O3S/c1-10-3-4-12(7-11(10)2)23-17(20-21-22-23)28-9-16(25)19-15-6-5-13(24(26)27)8-14(15)18/h3-8H,9H2,1-2H3,(H,19,25). The zero-order valence-electron chi connectivity index (χ0n) is 14.9. The van der Waals surface area contributed by atoms with Crippen LogP contribution in [0, 0.1) is 24.0 Å². The summed E-state index contributed by atoms with van der Waals surface area (Å²) in [6, 6.07) is 9.69. The van der Waals surface area contributed by atoms with E-state index in [2.05, 4.69) is 20.8 Å². The van der Waals surface area contributed by atoms with Crippen molar-refractivity contribution in [2.24, 2.45) is 0 Å². The van der Waals surface area contributed by atoms with E-state index in [0.29, 0.717) is 10.8 Å². The summed E-state index contributed by atoms with van der Waals surface area (Å²) in [5.41, 5.74) is 3.21. The van der Waals surface area contributed by atoms with Crippen molar-refractivity contribution in [2.75, 3.05) is 11.1 Å². The van der Waals surface area contributed by atoms with Crippen LogP contribution in [0.3, 0.4) is 0 Å². The first-order valence-corrected chi connectivity index (χ1v) is 9.44. The Morgan fingerprint density at radius 3 is 2.71 bits per heavy atom. The number of carbonyl (C=O) groups excluding carboxylic acids is 1. The first kappa shape index (κ1) is 19.8. The highest BCUT2D eigenvalue weighted by Gasteiger charge is 2.14. The second-order valence-corrected chi connectivity index (χ2v) is 7.25. The second kappa shape index (κ2) is 8.36. The third-order valence-electron chi connectivity index (χ3n) is 3.95. The summed E-state index contributed by atoms with van der Waals surface area (Å²) in [6.45, 7) is 4.01. The molecule has 0 atom stereocenters. The third-order valence-corrected chi connectivity index (χ3v) is 5.18. The van der Waals surface area contributed by atoms with Gasteiger partial charge in [-0.1, -0.05) is 29.4 Å². The number of thioether (sulfide) groups is 1. The minimum absolute atomic E-state index is 0.0402. The normalized spacial score (nSPS) is 10.7. The number of nitrogens with zero attached hydrogens (tertiary/aromatic N) is 5. The maximum atomic E-state index is 12.2. The van der Waals surface area contributed by atoms with E-state index in [1.54, 1.807) is 4.68 Å². The number of tetrazole rings is 1. The smallest absolute Gasteiger partial charge is 0.271 e. The zero-order valence-corrected chi connectivity index (χ0v) is 16.5. The number of nitro benzene ring substituents is 1. The molecule has 1 aromatic heterocycles. The first-order chi connectivity index (χ1) is 13.3. The molecule has 0 saturated carbocycles. The van der Waals surface area contributed by atoms with Crippen LogP contribution in [0.4, 0.5) is 11.4 Å². The maximum absolute atomic E-state index is 12.2. The average molecular weight is 419 g/mol. The summed E-state index contributed by atoms with van der Waals surface area (Å²) in [5.74, 6) is -0.297. The molecule has 1 N–H and O–H groups in total. The zero-order chi connectivity index (χ0) is 20.3. The molecule has 0 unspecified atom stereocenters. The molecular formula is C17H15ClN6O3S. The monoisotopic (exact) mass is 418 g/mol. The van der Waals surface area contributed by atoms with E-state index in [4.69, 9.17) is 11.6 Å². The van der Waals surface area contributed by atoms with Gasteiger partial charge in [-0.25, -0.2) is 0 Å². The van der Waals surface area contributed by atoms with Crippen molar-refractivity contribution in [2.45, 2.75) is 19.0 Å². The van der Waals surface area contributed by atoms with Crippen LogP contribution in [0.5, 0.6) is 0 Å². The van der Waals surface area contributed by atoms with E-state index >= 15 is 0 Å². The number of non-ortho nitro benzene ring substituents is 1. The SMILES string of the molecule is Cc1ccc(-n2nnnc2SCC(=O)Nc2ccc([N+](=O)[O-])cc2Cl)cc1C. The number of rotatable bonds is 6. The number of nitrogens with one attached hydrogen (secondary N) is 1. The van der Waals surface area contributed by atoms with Gasteiger partial charge in [-0.2, -0.15) is 4.68 Å². The van der Waals surface area contributed by atoms with Gasteiger partial charge in [0.2, 0.25) is 11.1 Å². The predicted molar refractivity (Wildman–Crippen MR) is 106 cm³/mol. The Bertz CT molecular complexity index is 1060. The Morgan fingerprint density at radius 1 is 1.25 bits per heavy atom. The Balaban J connectivity index is 1.67. The number of anilines is 1. The lowest BCUT2D eigenvalue weighted by Gasteiger charge is -2.08. The summed E-state index contributed by atoms with van der Waals surface area (Å²) in [4.78, 5) is 22.4. The van der Waals surface area contributed by atoms with Crippen molar-refractivity contribution in [3.63, 3.8) is 0 Å². The summed E-state index contributed by atoms with van der Waals surface area (Å²) in [6.07, 6.45) is 0. The van der Waals surface area contributed by atoms with Gasteiger partial charge in [0.05, 0.1) is 27.1 Å². The van der Waals surface area contributed by atoms with E-state index < -0.39 is 4.92 Å². The van der Waals surface area contributed by atoms with Gasteiger partial charge in [0, 0.05) is 12.1 Å². The minimum Gasteiger partial charge on any atom is -0.324 e. The molecule has 0 spiro atoms. The van der Waals surface area contributed by atoms with Crippen molar-refractivity contribution in [3.05, 3.63) is 62.7 Å². The van der Waals surface area contributed by atoms with Crippen LogP contribution < -0.4 is 5.32 Å². The minimum atomic E-state index is -0.556. The molecule has 2 aromatic carbocycles. The quantitative estimate of drug-likeness (QED) is 0.369. The molecule has 0 aliphatic heterocycles. The fraction of sp³-hybridized carbons (Fsp3) is 0.176. The highest BCUT2D eigenvalue weighted by molar-refractivity contribution is 7.99. The van der Waals surface area contributed by atoms with Gasteiger partial charge in [0.1, 0.15) is 0 Å². The first-order valence-electron chi connectivity index (χ1n) is 8.08. The summed E-state index contributed by atoms with van der Waals surface area (Å²) >= 11 is 7.15. The van der Waals surface area contributed by atoms with Crippen LogP contribution in [0.1, 0.15) is 11.1 Å². The summed E-state index contributed by atoms with van der Waals surface area (Å²) < 4.78 is 1.56. The Morgan fingerprint density at radius 2 is 2.04 bits per heavy atom. The van der Waals surface area contributed by atoms with Crippen LogP contribution in [-0.2, 0) is 4.79 Å². The molecule has 0 fully saturated rings. The largest absolute Gasteiger partial charge is 0.324 e. The number of hydrogen-bond donors (Lipinski definition) is 1. The van der Waals surface area contributed by atoms with Crippen molar-refractivity contribution in [1.82, 2.24) is 20.2 Å². The van der Waals surface area contributed by atoms with Gasteiger partial charge in [-0.05, 0) is 53.6 Å². The molecule has 0 aliphatic carbocycles. The molecule has 11 heteroatoms. The molecule has 0 aliphatic rings. The van der Waals surface area contributed by atoms with Crippen LogP contribution in [-0.4, -0.2) is 36.8 Å². The topological polar surface area (TPSA) is 116 Å². The van der Waals surface area contributed by atoms with Gasteiger partial charge < -0.3 is 5.32 Å². The third kappa shape index (κ3) is 4.46.